The second-order valence-corrected chi connectivity index (χ2v) is 4.27. The van der Waals surface area contributed by atoms with Crippen molar-refractivity contribution in [3.05, 3.63) is 24.0 Å². The average Bonchev–Trinajstić information content (AvgIpc) is 2.73. The minimum absolute atomic E-state index is 0.303. The van der Waals surface area contributed by atoms with E-state index in [1.165, 1.54) is 23.4 Å². The predicted molar refractivity (Wildman–Crippen MR) is 58.3 cm³/mol. The number of amides is 1. The van der Waals surface area contributed by atoms with Crippen LogP contribution in [-0.4, -0.2) is 44.2 Å². The predicted octanol–water partition coefficient (Wildman–Crippen LogP) is 0.556. The first kappa shape index (κ1) is 11.5. The lowest BCUT2D eigenvalue weighted by Crippen LogP contribution is -2.50. The molecule has 0 aromatic carbocycles. The molecule has 1 aliphatic heterocycles. The zero-order valence-corrected chi connectivity index (χ0v) is 9.46. The van der Waals surface area contributed by atoms with Gasteiger partial charge in [0.1, 0.15) is 5.54 Å². The van der Waals surface area contributed by atoms with Gasteiger partial charge in [0, 0.05) is 6.54 Å². The summed E-state index contributed by atoms with van der Waals surface area (Å²) in [5.74, 6) is -1.27. The molecule has 6 nitrogen and oxygen atoms in total. The van der Waals surface area contributed by atoms with Crippen molar-refractivity contribution in [1.29, 1.82) is 0 Å². The lowest BCUT2D eigenvalue weighted by molar-refractivity contribution is -0.147. The van der Waals surface area contributed by atoms with Crippen molar-refractivity contribution in [2.45, 2.75) is 25.3 Å². The van der Waals surface area contributed by atoms with E-state index in [2.05, 4.69) is 10.2 Å². The highest BCUT2D eigenvalue weighted by Crippen LogP contribution is 2.30. The third kappa shape index (κ3) is 1.86. The number of aliphatic carboxylic acids is 1. The van der Waals surface area contributed by atoms with Gasteiger partial charge in [-0.15, -0.1) is 0 Å². The molecular weight excluding hydrogens is 222 g/mol. The first-order chi connectivity index (χ1) is 8.05. The molecule has 0 bridgehead atoms. The number of hydrogen-bond donors (Lipinski definition) is 1. The maximum atomic E-state index is 12.2. The van der Waals surface area contributed by atoms with Gasteiger partial charge in [0.25, 0.3) is 5.91 Å². The number of hydrogen-bond acceptors (Lipinski definition) is 4. The maximum absolute atomic E-state index is 12.2. The number of aromatic nitrogens is 2. The SMILES string of the molecule is CC1(C(=O)O)CCCN1C(=O)c1ccnnc1. The fourth-order valence-corrected chi connectivity index (χ4v) is 2.08. The van der Waals surface area contributed by atoms with E-state index in [0.717, 1.165) is 0 Å². The average molecular weight is 235 g/mol. The highest BCUT2D eigenvalue weighted by atomic mass is 16.4. The molecule has 1 aromatic rings. The van der Waals surface area contributed by atoms with Gasteiger partial charge in [-0.25, -0.2) is 4.79 Å². The molecule has 2 rings (SSSR count). The van der Waals surface area contributed by atoms with E-state index in [-0.39, 0.29) is 5.91 Å². The summed E-state index contributed by atoms with van der Waals surface area (Å²) in [5, 5.41) is 16.4. The van der Waals surface area contributed by atoms with Crippen molar-refractivity contribution in [2.24, 2.45) is 0 Å². The molecule has 1 unspecified atom stereocenters. The summed E-state index contributed by atoms with van der Waals surface area (Å²) in [4.78, 5) is 24.8. The van der Waals surface area contributed by atoms with Gasteiger partial charge in [0.15, 0.2) is 0 Å². The van der Waals surface area contributed by atoms with Crippen LogP contribution in [0.3, 0.4) is 0 Å². The largest absolute Gasteiger partial charge is 0.480 e. The quantitative estimate of drug-likeness (QED) is 0.809. The zero-order chi connectivity index (χ0) is 12.5. The Bertz CT molecular complexity index is 449. The van der Waals surface area contributed by atoms with E-state index in [4.69, 9.17) is 0 Å². The molecule has 90 valence electrons. The van der Waals surface area contributed by atoms with Crippen LogP contribution in [0.2, 0.25) is 0 Å². The van der Waals surface area contributed by atoms with Gasteiger partial charge < -0.3 is 10.0 Å². The molecule has 1 saturated heterocycles. The molecule has 2 heterocycles. The Hall–Kier alpha value is -1.98. The minimum atomic E-state index is -1.11. The van der Waals surface area contributed by atoms with E-state index in [9.17, 15) is 14.7 Å². The second kappa shape index (κ2) is 4.12. The molecule has 1 N–H and O–H groups in total. The molecular formula is C11H13N3O3. The van der Waals surface area contributed by atoms with Gasteiger partial charge in [-0.3, -0.25) is 4.79 Å². The number of rotatable bonds is 2. The molecule has 0 radical (unpaired) electrons. The summed E-state index contributed by atoms with van der Waals surface area (Å²) in [7, 11) is 0. The number of carbonyl (C=O) groups is 2. The highest BCUT2D eigenvalue weighted by molar-refractivity contribution is 5.97. The monoisotopic (exact) mass is 235 g/mol. The summed E-state index contributed by atoms with van der Waals surface area (Å²) >= 11 is 0. The molecule has 0 saturated carbocycles. The van der Waals surface area contributed by atoms with Crippen molar-refractivity contribution < 1.29 is 14.7 Å². The molecule has 0 aliphatic carbocycles. The highest BCUT2D eigenvalue weighted by Gasteiger charge is 2.46. The molecule has 0 spiro atoms. The van der Waals surface area contributed by atoms with Crippen molar-refractivity contribution in [3.63, 3.8) is 0 Å². The third-order valence-electron chi connectivity index (χ3n) is 3.18. The molecule has 17 heavy (non-hydrogen) atoms. The van der Waals surface area contributed by atoms with Gasteiger partial charge in [0.2, 0.25) is 0 Å². The smallest absolute Gasteiger partial charge is 0.329 e. The van der Waals surface area contributed by atoms with Gasteiger partial charge in [-0.1, -0.05) is 0 Å². The van der Waals surface area contributed by atoms with Crippen LogP contribution in [0, 0.1) is 0 Å². The van der Waals surface area contributed by atoms with Gasteiger partial charge in [-0.2, -0.15) is 10.2 Å². The second-order valence-electron chi connectivity index (χ2n) is 4.27. The number of nitrogens with zero attached hydrogens (tertiary/aromatic N) is 3. The van der Waals surface area contributed by atoms with Crippen LogP contribution in [0.4, 0.5) is 0 Å². The van der Waals surface area contributed by atoms with Crippen LogP contribution < -0.4 is 0 Å². The molecule has 1 fully saturated rings. The molecule has 1 aromatic heterocycles. The summed E-state index contributed by atoms with van der Waals surface area (Å²) in [6.07, 6.45) is 3.95. The maximum Gasteiger partial charge on any atom is 0.329 e. The summed E-state index contributed by atoms with van der Waals surface area (Å²) in [6, 6.07) is 1.54. The number of likely N-dealkylation sites (tertiary alicyclic amines) is 1. The Balaban J connectivity index is 2.29. The van der Waals surface area contributed by atoms with E-state index in [1.54, 1.807) is 6.92 Å². The number of carboxylic acid groups (broad SMARTS) is 1. The third-order valence-corrected chi connectivity index (χ3v) is 3.18. The van der Waals surface area contributed by atoms with Gasteiger partial charge in [0.05, 0.1) is 18.0 Å². The Morgan fingerprint density at radius 2 is 2.24 bits per heavy atom. The molecule has 1 atom stereocenters. The van der Waals surface area contributed by atoms with Crippen molar-refractivity contribution in [1.82, 2.24) is 15.1 Å². The lowest BCUT2D eigenvalue weighted by atomic mass is 9.99. The van der Waals surface area contributed by atoms with Gasteiger partial charge >= 0.3 is 5.97 Å². The summed E-state index contributed by atoms with van der Waals surface area (Å²) in [5.41, 5.74) is -0.741. The van der Waals surface area contributed by atoms with E-state index in [0.29, 0.717) is 24.9 Å². The van der Waals surface area contributed by atoms with Crippen LogP contribution in [0.5, 0.6) is 0 Å². The minimum Gasteiger partial charge on any atom is -0.480 e. The molecule has 6 heteroatoms. The lowest BCUT2D eigenvalue weighted by Gasteiger charge is -2.31. The topological polar surface area (TPSA) is 83.4 Å². The Labute approximate surface area is 98.3 Å². The summed E-state index contributed by atoms with van der Waals surface area (Å²) < 4.78 is 0. The fraction of sp³-hybridized carbons (Fsp3) is 0.455. The van der Waals surface area contributed by atoms with Crippen LogP contribution in [0.15, 0.2) is 18.5 Å². The Morgan fingerprint density at radius 3 is 2.82 bits per heavy atom. The van der Waals surface area contributed by atoms with Crippen LogP contribution in [0.25, 0.3) is 0 Å². The summed E-state index contributed by atoms with van der Waals surface area (Å²) in [6.45, 7) is 2.04. The van der Waals surface area contributed by atoms with Gasteiger partial charge in [-0.05, 0) is 25.8 Å². The fourth-order valence-electron chi connectivity index (χ4n) is 2.08. The van der Waals surface area contributed by atoms with Crippen LogP contribution in [-0.2, 0) is 4.79 Å². The standard InChI is InChI=1S/C11H13N3O3/c1-11(10(16)17)4-2-6-14(11)9(15)8-3-5-12-13-7-8/h3,5,7H,2,4,6H2,1H3,(H,16,17). The van der Waals surface area contributed by atoms with Crippen molar-refractivity contribution in [2.75, 3.05) is 6.54 Å². The molecule has 1 amide bonds. The number of carbonyl (C=O) groups excluding carboxylic acids is 1. The number of carboxylic acids is 1. The van der Waals surface area contributed by atoms with Crippen molar-refractivity contribution >= 4 is 11.9 Å². The van der Waals surface area contributed by atoms with Crippen LogP contribution >= 0.6 is 0 Å². The van der Waals surface area contributed by atoms with E-state index in [1.807, 2.05) is 0 Å². The zero-order valence-electron chi connectivity index (χ0n) is 9.46. The first-order valence-corrected chi connectivity index (χ1v) is 5.38. The van der Waals surface area contributed by atoms with Crippen LogP contribution in [0.1, 0.15) is 30.1 Å². The Morgan fingerprint density at radius 1 is 1.47 bits per heavy atom. The first-order valence-electron chi connectivity index (χ1n) is 5.38. The Kier molecular flexibility index (Phi) is 2.79. The van der Waals surface area contributed by atoms with E-state index >= 15 is 0 Å². The molecule has 1 aliphatic rings. The van der Waals surface area contributed by atoms with Crippen molar-refractivity contribution in [3.8, 4) is 0 Å². The normalized spacial score (nSPS) is 23.7. The van der Waals surface area contributed by atoms with E-state index < -0.39 is 11.5 Å².